The van der Waals surface area contributed by atoms with Crippen molar-refractivity contribution in [3.8, 4) is 0 Å². The highest BCUT2D eigenvalue weighted by Gasteiger charge is 2.01. The molecule has 0 aliphatic heterocycles. The highest BCUT2D eigenvalue weighted by molar-refractivity contribution is 5.87. The fraction of sp³-hybridized carbons (Fsp3) is 0.312. The molecule has 23 heavy (non-hydrogen) atoms. The third-order valence-electron chi connectivity index (χ3n) is 2.90. The summed E-state index contributed by atoms with van der Waals surface area (Å²) in [7, 11) is 5.82. The number of rotatable bonds is 6. The molecule has 0 amide bonds. The number of hydrazine groups is 2. The van der Waals surface area contributed by atoms with Gasteiger partial charge in [0.2, 0.25) is 0 Å². The van der Waals surface area contributed by atoms with Crippen molar-refractivity contribution in [1.82, 2.24) is 15.6 Å². The maximum atomic E-state index is 10.3. The molecule has 1 aromatic carbocycles. The van der Waals surface area contributed by atoms with E-state index in [1.54, 1.807) is 6.92 Å². The second kappa shape index (κ2) is 13.8. The van der Waals surface area contributed by atoms with Crippen LogP contribution in [0.1, 0.15) is 18.9 Å². The zero-order chi connectivity index (χ0) is 17.0. The third kappa shape index (κ3) is 10.5. The minimum Gasteiger partial charge on any atom is -0.370 e. The third-order valence-corrected chi connectivity index (χ3v) is 2.90. The molecule has 6 nitrogen and oxygen atoms in total. The summed E-state index contributed by atoms with van der Waals surface area (Å²) < 4.78 is 0. The predicted molar refractivity (Wildman–Crippen MR) is 97.0 cm³/mol. The van der Waals surface area contributed by atoms with E-state index in [1.165, 1.54) is 5.56 Å². The van der Waals surface area contributed by atoms with Gasteiger partial charge in [0.15, 0.2) is 0 Å². The number of hydrogen-bond donors (Lipinski definition) is 2. The first-order chi connectivity index (χ1) is 10.5. The van der Waals surface area contributed by atoms with Crippen molar-refractivity contribution in [2.24, 2.45) is 5.90 Å². The summed E-state index contributed by atoms with van der Waals surface area (Å²) in [4.78, 5) is 14.2. The predicted octanol–water partition coefficient (Wildman–Crippen LogP) is 2.36. The minimum absolute atomic E-state index is 0. The van der Waals surface area contributed by atoms with Crippen LogP contribution in [0.15, 0.2) is 48.7 Å². The van der Waals surface area contributed by atoms with Gasteiger partial charge in [-0.05, 0) is 18.1 Å². The Bertz CT molecular complexity index is 466. The van der Waals surface area contributed by atoms with Crippen LogP contribution in [0, 0.1) is 0 Å². The molecule has 0 aliphatic rings. The van der Waals surface area contributed by atoms with Crippen LogP contribution in [-0.4, -0.2) is 37.2 Å². The van der Waals surface area contributed by atoms with Gasteiger partial charge in [0.25, 0.3) is 0 Å². The van der Waals surface area contributed by atoms with Gasteiger partial charge in [-0.25, -0.2) is 10.2 Å². The Morgan fingerprint density at radius 2 is 1.91 bits per heavy atom. The zero-order valence-electron chi connectivity index (χ0n) is 14.2. The van der Waals surface area contributed by atoms with Crippen LogP contribution in [0.3, 0.4) is 0 Å². The molecule has 0 fully saturated rings. The SMILES string of the molecule is C=C(CC)C(=O)ON.CNN(C)N(C)C=Cc1ccccc1.Cl. The van der Waals surface area contributed by atoms with Gasteiger partial charge in [0, 0.05) is 32.9 Å². The maximum Gasteiger partial charge on any atom is 0.351 e. The molecule has 0 aromatic heterocycles. The Morgan fingerprint density at radius 1 is 1.35 bits per heavy atom. The lowest BCUT2D eigenvalue weighted by molar-refractivity contribution is -0.139. The summed E-state index contributed by atoms with van der Waals surface area (Å²) >= 11 is 0. The number of carbonyl (C=O) groups excluding carboxylic acids is 1. The lowest BCUT2D eigenvalue weighted by atomic mass is 10.2. The van der Waals surface area contributed by atoms with E-state index >= 15 is 0 Å². The lowest BCUT2D eigenvalue weighted by Crippen LogP contribution is -2.41. The second-order valence-electron chi connectivity index (χ2n) is 4.41. The van der Waals surface area contributed by atoms with Gasteiger partial charge >= 0.3 is 5.97 Å². The van der Waals surface area contributed by atoms with E-state index in [4.69, 9.17) is 0 Å². The van der Waals surface area contributed by atoms with Gasteiger partial charge in [-0.1, -0.05) is 43.8 Å². The first-order valence-electron chi connectivity index (χ1n) is 6.92. The Balaban J connectivity index is 0. The Hall–Kier alpha value is -1.86. The topological polar surface area (TPSA) is 70.8 Å². The van der Waals surface area contributed by atoms with Crippen LogP contribution < -0.4 is 11.3 Å². The van der Waals surface area contributed by atoms with Gasteiger partial charge in [0.05, 0.1) is 0 Å². The summed E-state index contributed by atoms with van der Waals surface area (Å²) in [6.45, 7) is 5.19. The van der Waals surface area contributed by atoms with Crippen LogP contribution in [0.25, 0.3) is 6.08 Å². The largest absolute Gasteiger partial charge is 0.370 e. The molecule has 3 N–H and O–H groups in total. The Morgan fingerprint density at radius 3 is 2.30 bits per heavy atom. The molecule has 0 bridgehead atoms. The van der Waals surface area contributed by atoms with E-state index in [-0.39, 0.29) is 12.4 Å². The molecular formula is C16H27ClN4O2. The molecule has 0 atom stereocenters. The first kappa shape index (κ1) is 23.4. The summed E-state index contributed by atoms with van der Waals surface area (Å²) in [5, 5.41) is 3.85. The number of nitrogens with two attached hydrogens (primary N) is 1. The van der Waals surface area contributed by atoms with E-state index in [9.17, 15) is 4.79 Å². The molecule has 130 valence electrons. The molecule has 0 spiro atoms. The lowest BCUT2D eigenvalue weighted by Gasteiger charge is -2.25. The Labute approximate surface area is 144 Å². The summed E-state index contributed by atoms with van der Waals surface area (Å²) in [6.07, 6.45) is 4.65. The molecule has 7 heteroatoms. The number of hydrogen-bond acceptors (Lipinski definition) is 6. The van der Waals surface area contributed by atoms with Crippen LogP contribution in [0.4, 0.5) is 0 Å². The quantitative estimate of drug-likeness (QED) is 0.611. The van der Waals surface area contributed by atoms with Gasteiger partial charge in [0.1, 0.15) is 0 Å². The number of nitrogens with one attached hydrogen (secondary N) is 1. The number of benzene rings is 1. The molecule has 0 radical (unpaired) electrons. The van der Waals surface area contributed by atoms with E-state index < -0.39 is 5.97 Å². The van der Waals surface area contributed by atoms with Crippen molar-refractivity contribution in [1.29, 1.82) is 0 Å². The van der Waals surface area contributed by atoms with Gasteiger partial charge in [-0.2, -0.15) is 11.0 Å². The van der Waals surface area contributed by atoms with E-state index in [2.05, 4.69) is 40.9 Å². The van der Waals surface area contributed by atoms with Crippen LogP contribution in [0.2, 0.25) is 0 Å². The fourth-order valence-corrected chi connectivity index (χ4v) is 1.24. The fourth-order valence-electron chi connectivity index (χ4n) is 1.24. The summed E-state index contributed by atoms with van der Waals surface area (Å²) in [5.74, 6) is 4.00. The summed E-state index contributed by atoms with van der Waals surface area (Å²) in [5.41, 5.74) is 4.60. The monoisotopic (exact) mass is 342 g/mol. The zero-order valence-corrected chi connectivity index (χ0v) is 15.0. The van der Waals surface area contributed by atoms with Crippen molar-refractivity contribution >= 4 is 24.5 Å². The van der Waals surface area contributed by atoms with Crippen molar-refractivity contribution in [3.63, 3.8) is 0 Å². The van der Waals surface area contributed by atoms with Gasteiger partial charge in [-0.3, -0.25) is 0 Å². The molecular weight excluding hydrogens is 316 g/mol. The molecule has 1 aromatic rings. The van der Waals surface area contributed by atoms with E-state index in [1.807, 2.05) is 55.7 Å². The van der Waals surface area contributed by atoms with Crippen molar-refractivity contribution in [3.05, 3.63) is 54.2 Å². The number of carbonyl (C=O) groups is 1. The van der Waals surface area contributed by atoms with Crippen LogP contribution >= 0.6 is 12.4 Å². The van der Waals surface area contributed by atoms with Gasteiger partial charge in [-0.15, -0.1) is 12.4 Å². The van der Waals surface area contributed by atoms with Crippen LogP contribution in [-0.2, 0) is 9.63 Å². The highest BCUT2D eigenvalue weighted by atomic mass is 35.5. The smallest absolute Gasteiger partial charge is 0.351 e. The average molecular weight is 343 g/mol. The number of halogens is 1. The standard InChI is InChI=1S/C11H17N3.C5H9NO2.ClH/c1-12-14(3)13(2)10-9-11-7-5-4-6-8-11;1-3-4(2)5(7)8-6;/h4-10,12H,1-3H3;2-3,6H2,1H3;1H. The molecule has 0 heterocycles. The minimum atomic E-state index is -0.535. The Kier molecular flexibility index (Phi) is 14.0. The van der Waals surface area contributed by atoms with Crippen LogP contribution in [0.5, 0.6) is 0 Å². The highest BCUT2D eigenvalue weighted by Crippen LogP contribution is 2.01. The second-order valence-corrected chi connectivity index (χ2v) is 4.41. The van der Waals surface area contributed by atoms with E-state index in [0.29, 0.717) is 12.0 Å². The average Bonchev–Trinajstić information content (AvgIpc) is 2.58. The molecule has 0 aliphatic carbocycles. The summed E-state index contributed by atoms with van der Waals surface area (Å²) in [6, 6.07) is 10.2. The maximum absolute atomic E-state index is 10.3. The molecule has 0 saturated carbocycles. The van der Waals surface area contributed by atoms with Gasteiger partial charge < -0.3 is 9.85 Å². The van der Waals surface area contributed by atoms with Crippen molar-refractivity contribution < 1.29 is 9.63 Å². The number of nitrogens with zero attached hydrogens (tertiary/aromatic N) is 2. The van der Waals surface area contributed by atoms with E-state index in [0.717, 1.165) is 0 Å². The first-order valence-corrected chi connectivity index (χ1v) is 6.92. The van der Waals surface area contributed by atoms with Crippen molar-refractivity contribution in [2.45, 2.75) is 13.3 Å². The van der Waals surface area contributed by atoms with Crippen molar-refractivity contribution in [2.75, 3.05) is 21.1 Å². The molecule has 1 rings (SSSR count). The molecule has 0 saturated heterocycles. The normalized spacial score (nSPS) is 9.65. The molecule has 0 unspecified atom stereocenters.